The van der Waals surface area contributed by atoms with Gasteiger partial charge in [-0.15, -0.1) is 0 Å². The normalized spacial score (nSPS) is 12.4. The molecular formula is C97H73BN2. The number of rotatable bonds is 15. The van der Waals surface area contributed by atoms with Crippen LogP contribution in [0.1, 0.15) is 69.9 Å². The van der Waals surface area contributed by atoms with Crippen molar-refractivity contribution in [2.24, 2.45) is 0 Å². The molecule has 2 aliphatic rings. The van der Waals surface area contributed by atoms with Crippen LogP contribution in [0.4, 0.5) is 0 Å². The Morgan fingerprint density at radius 2 is 0.740 bits per heavy atom. The molecule has 4 heterocycles. The van der Waals surface area contributed by atoms with Gasteiger partial charge < -0.3 is 9.13 Å². The van der Waals surface area contributed by atoms with Crippen LogP contribution in [0.3, 0.4) is 0 Å². The van der Waals surface area contributed by atoms with Crippen molar-refractivity contribution in [1.82, 2.24) is 9.13 Å². The van der Waals surface area contributed by atoms with E-state index in [2.05, 4.69) is 320 Å². The highest BCUT2D eigenvalue weighted by atomic mass is 15.0. The number of aromatic nitrogens is 2. The van der Waals surface area contributed by atoms with E-state index in [0.29, 0.717) is 0 Å². The highest BCUT2D eigenvalue weighted by Crippen LogP contribution is 2.51. The van der Waals surface area contributed by atoms with Crippen LogP contribution in [-0.4, -0.2) is 15.8 Å². The van der Waals surface area contributed by atoms with Crippen LogP contribution in [0, 0.1) is 0 Å². The predicted octanol–water partition coefficient (Wildman–Crippen LogP) is 24.6. The van der Waals surface area contributed by atoms with Gasteiger partial charge in [-0.3, -0.25) is 0 Å². The third-order valence-corrected chi connectivity index (χ3v) is 22.7. The fraction of sp³-hybridized carbons (Fsp3) is 0.113. The van der Waals surface area contributed by atoms with Gasteiger partial charge in [-0.05, 0) is 211 Å². The van der Waals surface area contributed by atoms with Gasteiger partial charge >= 0.3 is 0 Å². The molecule has 2 nitrogen and oxygen atoms in total. The summed E-state index contributed by atoms with van der Waals surface area (Å²) in [7, 11) is 0. The Kier molecular flexibility index (Phi) is 13.8. The molecule has 0 aliphatic carbocycles. The average Bonchev–Trinajstić information content (AvgIpc) is 1.47. The van der Waals surface area contributed by atoms with E-state index >= 15 is 0 Å². The molecule has 2 aliphatic heterocycles. The zero-order valence-corrected chi connectivity index (χ0v) is 56.6. The third kappa shape index (κ3) is 9.03. The summed E-state index contributed by atoms with van der Waals surface area (Å²) in [4.78, 5) is 0. The minimum Gasteiger partial charge on any atom is -0.310 e. The molecule has 474 valence electrons. The average molecular weight is 1280 g/mol. The number of hydrogen-bond acceptors (Lipinski definition) is 0. The molecule has 0 saturated carbocycles. The van der Waals surface area contributed by atoms with Crippen molar-refractivity contribution < 1.29 is 0 Å². The first-order chi connectivity index (χ1) is 49.6. The molecule has 0 unspecified atom stereocenters. The summed E-state index contributed by atoms with van der Waals surface area (Å²) in [6.45, 7) is 4.45. The maximum absolute atomic E-state index is 2.75. The van der Waals surface area contributed by atoms with E-state index in [4.69, 9.17) is 0 Å². The Balaban J connectivity index is 0.976. The number of benzene rings is 16. The summed E-state index contributed by atoms with van der Waals surface area (Å²) >= 11 is 0. The van der Waals surface area contributed by atoms with Crippen molar-refractivity contribution in [3.63, 3.8) is 0 Å². The van der Waals surface area contributed by atoms with Gasteiger partial charge in [0.25, 0.3) is 6.71 Å². The predicted molar refractivity (Wildman–Crippen MR) is 431 cm³/mol. The molecule has 0 fully saturated rings. The summed E-state index contributed by atoms with van der Waals surface area (Å²) in [6, 6.07) is 115. The minimum absolute atomic E-state index is 0.161. The first-order valence-electron chi connectivity index (χ1n) is 36.5. The van der Waals surface area contributed by atoms with Gasteiger partial charge in [0.05, 0.1) is 16.6 Å². The quantitative estimate of drug-likeness (QED) is 0.0550. The SMILES string of the molecule is CCCCCCc1ccc(-c2cc(-c3ccccc3)cc(-c3ccc(CCCCC)cc3)c2-c2cc3c4c(c2)-n2c5ccc6ccccc6c5c5c6ccccc6cc(c52)B4c2cc(-c4ccccc4-c4ccccc4)cc4c5c6c7ccccc7c7ccccc7c6ccc5n-3c24)cc1. The lowest BCUT2D eigenvalue weighted by Crippen LogP contribution is -2.59. The first-order valence-corrected chi connectivity index (χ1v) is 36.5. The van der Waals surface area contributed by atoms with E-state index < -0.39 is 0 Å². The number of aryl methyl sites for hydroxylation is 2. The number of unbranched alkanes of at least 4 members (excludes halogenated alkanes) is 5. The smallest absolute Gasteiger partial charge is 0.252 e. The molecule has 0 amide bonds. The molecule has 3 heteroatoms. The molecule has 0 saturated heterocycles. The van der Waals surface area contributed by atoms with Gasteiger partial charge in [0.15, 0.2) is 0 Å². The lowest BCUT2D eigenvalue weighted by Gasteiger charge is -2.35. The van der Waals surface area contributed by atoms with Crippen molar-refractivity contribution in [1.29, 1.82) is 0 Å². The monoisotopic (exact) mass is 1280 g/mol. The molecule has 0 N–H and O–H groups in total. The number of nitrogens with zero attached hydrogens (tertiary/aromatic N) is 2. The second kappa shape index (κ2) is 23.6. The van der Waals surface area contributed by atoms with E-state index in [-0.39, 0.29) is 6.71 Å². The summed E-state index contributed by atoms with van der Waals surface area (Å²) in [5, 5.41) is 17.9. The van der Waals surface area contributed by atoms with Gasteiger partial charge in [-0.2, -0.15) is 0 Å². The number of fused-ring (bicyclic) bond motifs is 21. The molecule has 20 rings (SSSR count). The lowest BCUT2D eigenvalue weighted by molar-refractivity contribution is 0.667. The van der Waals surface area contributed by atoms with Crippen molar-refractivity contribution in [3.8, 4) is 78.1 Å². The number of hydrogen-bond donors (Lipinski definition) is 0. The topological polar surface area (TPSA) is 9.86 Å². The lowest BCUT2D eigenvalue weighted by atomic mass is 9.34. The molecule has 0 radical (unpaired) electrons. The summed E-state index contributed by atoms with van der Waals surface area (Å²) in [5.41, 5.74) is 28.8. The summed E-state index contributed by atoms with van der Waals surface area (Å²) < 4.78 is 5.47. The van der Waals surface area contributed by atoms with Gasteiger partial charge in [-0.1, -0.05) is 301 Å². The van der Waals surface area contributed by atoms with E-state index in [1.54, 1.807) is 0 Å². The van der Waals surface area contributed by atoms with Gasteiger partial charge in [0, 0.05) is 43.8 Å². The maximum atomic E-state index is 2.75. The van der Waals surface area contributed by atoms with Crippen LogP contribution < -0.4 is 16.4 Å². The summed E-state index contributed by atoms with van der Waals surface area (Å²) in [6.07, 6.45) is 10.7. The van der Waals surface area contributed by atoms with Crippen LogP contribution in [0.15, 0.2) is 297 Å². The zero-order chi connectivity index (χ0) is 66.1. The van der Waals surface area contributed by atoms with Gasteiger partial charge in [-0.25, -0.2) is 0 Å². The molecule has 0 atom stereocenters. The van der Waals surface area contributed by atoms with Gasteiger partial charge in [0.1, 0.15) is 0 Å². The van der Waals surface area contributed by atoms with Gasteiger partial charge in [0.2, 0.25) is 0 Å². The second-order valence-corrected chi connectivity index (χ2v) is 28.4. The fourth-order valence-electron chi connectivity index (χ4n) is 18.2. The van der Waals surface area contributed by atoms with Crippen LogP contribution >= 0.6 is 0 Å². The highest BCUT2D eigenvalue weighted by molar-refractivity contribution is 7.00. The first kappa shape index (κ1) is 58.6. The fourth-order valence-corrected chi connectivity index (χ4v) is 18.2. The van der Waals surface area contributed by atoms with Crippen molar-refractivity contribution >= 4 is 121 Å². The largest absolute Gasteiger partial charge is 0.310 e. The van der Waals surface area contributed by atoms with Crippen LogP contribution in [0.5, 0.6) is 0 Å². The molecular weight excluding hydrogens is 1200 g/mol. The Hall–Kier alpha value is -11.5. The van der Waals surface area contributed by atoms with Crippen molar-refractivity contribution in [2.75, 3.05) is 0 Å². The van der Waals surface area contributed by atoms with E-state index in [1.165, 1.54) is 248 Å². The molecule has 0 bridgehead atoms. The Morgan fingerprint density at radius 3 is 1.38 bits per heavy atom. The second-order valence-electron chi connectivity index (χ2n) is 28.4. The van der Waals surface area contributed by atoms with Crippen molar-refractivity contribution in [3.05, 3.63) is 308 Å². The molecule has 16 aromatic carbocycles. The maximum Gasteiger partial charge on any atom is 0.252 e. The Labute approximate surface area is 584 Å². The van der Waals surface area contributed by atoms with E-state index in [9.17, 15) is 0 Å². The van der Waals surface area contributed by atoms with Crippen LogP contribution in [-0.2, 0) is 12.8 Å². The Morgan fingerprint density at radius 1 is 0.270 bits per heavy atom. The zero-order valence-electron chi connectivity index (χ0n) is 56.6. The van der Waals surface area contributed by atoms with E-state index in [0.717, 1.165) is 12.8 Å². The standard InChI is InChI=1S/C97H73BN2/c1-3-5-7-11-27-62-44-48-67(49-45-62)82-55-69(63-28-12-8-13-29-63)54-81(66-46-42-61(43-47-66)26-10-6-4-2)90(82)71-59-88-95-89(60-71)100-86-52-50-65-32-16-18-36-74(65)92(86)94-75-37-19-17-33-68(75)57-85(97(94)100)98(95)84-58-70(73-35-21-20-34-72(73)64-30-14-9-15-31-64)56-83-93-87(99(88)96(83)84)53-51-80-78-40-23-22-38-76(78)77-39-24-25-41-79(77)91(80)93/h8-9,12-25,28-60H,3-7,10-11,26-27H2,1-2H3. The molecule has 100 heavy (non-hydrogen) atoms. The van der Waals surface area contributed by atoms with Crippen LogP contribution in [0.2, 0.25) is 0 Å². The van der Waals surface area contributed by atoms with Crippen molar-refractivity contribution in [2.45, 2.75) is 71.6 Å². The van der Waals surface area contributed by atoms with E-state index in [1.807, 2.05) is 0 Å². The third-order valence-electron chi connectivity index (χ3n) is 22.7. The molecule has 0 spiro atoms. The minimum atomic E-state index is -0.161. The molecule has 18 aromatic rings. The Bertz CT molecular complexity index is 6330. The van der Waals surface area contributed by atoms with Crippen LogP contribution in [0.25, 0.3) is 176 Å². The highest BCUT2D eigenvalue weighted by Gasteiger charge is 2.43. The summed E-state index contributed by atoms with van der Waals surface area (Å²) in [5.74, 6) is 0. The molecule has 2 aromatic heterocycles.